The smallest absolute Gasteiger partial charge is 0.200 e. The number of carbonyl (C=O) groups excluding carboxylic acids is 1. The molecule has 2 atom stereocenters. The van der Waals surface area contributed by atoms with Crippen LogP contribution < -0.4 is 20.1 Å². The van der Waals surface area contributed by atoms with Gasteiger partial charge in [0, 0.05) is 17.7 Å². The zero-order valence-corrected chi connectivity index (χ0v) is 20.2. The molecule has 6 nitrogen and oxygen atoms in total. The summed E-state index contributed by atoms with van der Waals surface area (Å²) in [7, 11) is 3.00. The van der Waals surface area contributed by atoms with Crippen LogP contribution in [0.15, 0.2) is 71.9 Å². The highest BCUT2D eigenvalue weighted by Crippen LogP contribution is 2.47. The molecule has 0 bridgehead atoms. The molecular formula is C29H30N2O4. The predicted molar refractivity (Wildman–Crippen MR) is 137 cm³/mol. The third-order valence-electron chi connectivity index (χ3n) is 7.00. The number of carbonyl (C=O) groups is 1. The quantitative estimate of drug-likeness (QED) is 0.428. The number of nitrogens with one attached hydrogen (secondary N) is 2. The minimum Gasteiger partial charge on any atom is -0.502 e. The van der Waals surface area contributed by atoms with E-state index in [9.17, 15) is 9.90 Å². The maximum atomic E-state index is 13.7. The number of hydrogen-bond donors (Lipinski definition) is 3. The van der Waals surface area contributed by atoms with Gasteiger partial charge in [-0.2, -0.15) is 0 Å². The maximum Gasteiger partial charge on any atom is 0.200 e. The fourth-order valence-corrected chi connectivity index (χ4v) is 5.08. The number of para-hydroxylation sites is 2. The normalized spacial score (nSPS) is 19.1. The first kappa shape index (κ1) is 22.8. The van der Waals surface area contributed by atoms with Crippen LogP contribution in [0.4, 0.5) is 11.4 Å². The highest BCUT2D eigenvalue weighted by Gasteiger charge is 2.36. The van der Waals surface area contributed by atoms with Crippen molar-refractivity contribution in [3.05, 3.63) is 88.6 Å². The van der Waals surface area contributed by atoms with Crippen molar-refractivity contribution in [1.82, 2.24) is 0 Å². The van der Waals surface area contributed by atoms with Crippen LogP contribution in [0.1, 0.15) is 48.4 Å². The Hall–Kier alpha value is -3.93. The number of anilines is 2. The summed E-state index contributed by atoms with van der Waals surface area (Å²) in [5, 5.41) is 17.6. The zero-order chi connectivity index (χ0) is 24.5. The average molecular weight is 471 g/mol. The van der Waals surface area contributed by atoms with Crippen molar-refractivity contribution in [3.63, 3.8) is 0 Å². The van der Waals surface area contributed by atoms with Crippen molar-refractivity contribution >= 4 is 17.2 Å². The van der Waals surface area contributed by atoms with Gasteiger partial charge in [0.15, 0.2) is 17.3 Å². The Balaban J connectivity index is 1.62. The van der Waals surface area contributed by atoms with Crippen LogP contribution in [0.25, 0.3) is 0 Å². The molecule has 6 heteroatoms. The molecule has 1 heterocycles. The second-order valence-electron chi connectivity index (χ2n) is 9.04. The lowest BCUT2D eigenvalue weighted by molar-refractivity contribution is -0.116. The summed E-state index contributed by atoms with van der Waals surface area (Å²) in [6.45, 7) is 2.14. The number of rotatable bonds is 5. The molecule has 0 spiro atoms. The topological polar surface area (TPSA) is 79.8 Å². The Bertz CT molecular complexity index is 1270. The van der Waals surface area contributed by atoms with Gasteiger partial charge < -0.3 is 25.2 Å². The Morgan fingerprint density at radius 1 is 0.914 bits per heavy atom. The fraction of sp³-hybridized carbons (Fsp3) is 0.276. The van der Waals surface area contributed by atoms with E-state index < -0.39 is 6.04 Å². The summed E-state index contributed by atoms with van der Waals surface area (Å²) >= 11 is 0. The van der Waals surface area contributed by atoms with Crippen molar-refractivity contribution in [1.29, 1.82) is 0 Å². The van der Waals surface area contributed by atoms with Crippen LogP contribution in [0, 0.1) is 0 Å². The summed E-state index contributed by atoms with van der Waals surface area (Å²) < 4.78 is 10.8. The highest BCUT2D eigenvalue weighted by atomic mass is 16.5. The van der Waals surface area contributed by atoms with Gasteiger partial charge in [-0.25, -0.2) is 0 Å². The van der Waals surface area contributed by atoms with Crippen LogP contribution in [0.5, 0.6) is 17.2 Å². The predicted octanol–water partition coefficient (Wildman–Crippen LogP) is 5.95. The van der Waals surface area contributed by atoms with E-state index >= 15 is 0 Å². The zero-order valence-electron chi connectivity index (χ0n) is 20.2. The third kappa shape index (κ3) is 4.20. The van der Waals surface area contributed by atoms with Gasteiger partial charge in [0.05, 0.1) is 31.6 Å². The number of benzene rings is 3. The van der Waals surface area contributed by atoms with E-state index in [1.165, 1.54) is 25.3 Å². The molecule has 1 aliphatic carbocycles. The minimum atomic E-state index is -0.430. The molecule has 1 aliphatic heterocycles. The number of phenols is 1. The number of phenolic OH excluding ortho intramolecular Hbond substituents is 1. The number of ether oxygens (including phenoxy) is 2. The van der Waals surface area contributed by atoms with Crippen LogP contribution in [0.3, 0.4) is 0 Å². The number of Topliss-reactive ketones (excluding diaryl/α,β-unsaturated/α-hetero) is 1. The first-order valence-electron chi connectivity index (χ1n) is 11.9. The van der Waals surface area contributed by atoms with Gasteiger partial charge in [-0.05, 0) is 59.7 Å². The molecule has 35 heavy (non-hydrogen) atoms. The van der Waals surface area contributed by atoms with E-state index in [1.807, 2.05) is 24.3 Å². The van der Waals surface area contributed by atoms with E-state index in [-0.39, 0.29) is 17.5 Å². The average Bonchev–Trinajstić information content (AvgIpc) is 3.06. The molecule has 2 aliphatic rings. The first-order chi connectivity index (χ1) is 17.0. The second kappa shape index (κ2) is 9.37. The number of aromatic hydroxyl groups is 1. The van der Waals surface area contributed by atoms with Crippen molar-refractivity contribution in [2.75, 3.05) is 24.9 Å². The first-order valence-corrected chi connectivity index (χ1v) is 11.9. The second-order valence-corrected chi connectivity index (χ2v) is 9.04. The third-order valence-corrected chi connectivity index (χ3v) is 7.00. The number of methoxy groups -OCH3 is 2. The van der Waals surface area contributed by atoms with Crippen molar-refractivity contribution in [3.8, 4) is 17.2 Å². The van der Waals surface area contributed by atoms with Gasteiger partial charge in [0.1, 0.15) is 0 Å². The summed E-state index contributed by atoms with van der Waals surface area (Å²) in [6, 6.07) is 19.6. The lowest BCUT2D eigenvalue weighted by atomic mass is 9.78. The van der Waals surface area contributed by atoms with E-state index in [2.05, 4.69) is 41.8 Å². The van der Waals surface area contributed by atoms with E-state index in [0.29, 0.717) is 23.5 Å². The monoisotopic (exact) mass is 470 g/mol. The molecule has 180 valence electrons. The molecule has 5 rings (SSSR count). The molecule has 0 radical (unpaired) electrons. The SMILES string of the molecule is CCc1ccc(C2CC(=O)C3=C(C2)Nc2ccccc2NC3c2cc(OC)c(O)c(OC)c2)cc1. The number of hydrogen-bond acceptors (Lipinski definition) is 6. The van der Waals surface area contributed by atoms with E-state index in [0.717, 1.165) is 35.5 Å². The summed E-state index contributed by atoms with van der Waals surface area (Å²) in [5.74, 6) is 0.733. The number of aryl methyl sites for hydroxylation is 1. The Morgan fingerprint density at radius 3 is 2.20 bits per heavy atom. The van der Waals surface area contributed by atoms with Crippen molar-refractivity contribution in [2.45, 2.75) is 38.1 Å². The molecule has 3 N–H and O–H groups in total. The molecule has 0 amide bonds. The molecular weight excluding hydrogens is 440 g/mol. The Labute approximate surface area is 205 Å². The minimum absolute atomic E-state index is 0.0642. The van der Waals surface area contributed by atoms with Crippen LogP contribution in [-0.2, 0) is 11.2 Å². The molecule has 0 fully saturated rings. The van der Waals surface area contributed by atoms with Crippen molar-refractivity contribution < 1.29 is 19.4 Å². The summed E-state index contributed by atoms with van der Waals surface area (Å²) in [5.41, 5.74) is 6.69. The molecule has 0 aromatic heterocycles. The standard InChI is InChI=1S/C29H30N2O4/c1-4-17-9-11-18(12-10-17)19-13-23-27(24(32)14-19)28(31-22-8-6-5-7-21(22)30-23)20-15-25(34-2)29(33)26(16-20)35-3/h5-12,15-16,19,28,30-31,33H,4,13-14H2,1-3H3. The van der Waals surface area contributed by atoms with Gasteiger partial charge in [0.25, 0.3) is 0 Å². The Kier molecular flexibility index (Phi) is 6.12. The molecule has 2 unspecified atom stereocenters. The van der Waals surface area contributed by atoms with Gasteiger partial charge >= 0.3 is 0 Å². The van der Waals surface area contributed by atoms with Crippen LogP contribution in [0.2, 0.25) is 0 Å². The van der Waals surface area contributed by atoms with Gasteiger partial charge in [-0.3, -0.25) is 4.79 Å². The maximum absolute atomic E-state index is 13.7. The van der Waals surface area contributed by atoms with Gasteiger partial charge in [0.2, 0.25) is 5.75 Å². The Morgan fingerprint density at radius 2 is 1.57 bits per heavy atom. The molecule has 0 saturated carbocycles. The number of fused-ring (bicyclic) bond motifs is 1. The number of allylic oxidation sites excluding steroid dienone is 1. The number of ketones is 1. The highest BCUT2D eigenvalue weighted by molar-refractivity contribution is 6.01. The van der Waals surface area contributed by atoms with Crippen molar-refractivity contribution in [2.24, 2.45) is 0 Å². The van der Waals surface area contributed by atoms with E-state index in [4.69, 9.17) is 9.47 Å². The summed E-state index contributed by atoms with van der Waals surface area (Å²) in [4.78, 5) is 13.7. The van der Waals surface area contributed by atoms with Gasteiger partial charge in [-0.15, -0.1) is 0 Å². The molecule has 3 aromatic carbocycles. The molecule has 0 saturated heterocycles. The van der Waals surface area contributed by atoms with Gasteiger partial charge in [-0.1, -0.05) is 43.3 Å². The van der Waals surface area contributed by atoms with Crippen LogP contribution in [-0.4, -0.2) is 25.1 Å². The molecule has 3 aromatic rings. The lowest BCUT2D eigenvalue weighted by Crippen LogP contribution is -2.27. The largest absolute Gasteiger partial charge is 0.502 e. The lowest BCUT2D eigenvalue weighted by Gasteiger charge is -2.30. The summed E-state index contributed by atoms with van der Waals surface area (Å²) in [6.07, 6.45) is 2.16. The fourth-order valence-electron chi connectivity index (χ4n) is 5.08. The van der Waals surface area contributed by atoms with Crippen LogP contribution >= 0.6 is 0 Å². The van der Waals surface area contributed by atoms with E-state index in [1.54, 1.807) is 12.1 Å².